The molecular weight excluding hydrogens is 338 g/mol. The van der Waals surface area contributed by atoms with E-state index in [1.54, 1.807) is 25.6 Å². The molecule has 0 spiro atoms. The monoisotopic (exact) mass is 361 g/mol. The van der Waals surface area contributed by atoms with Crippen LogP contribution < -0.4 is 14.8 Å². The first-order valence-corrected chi connectivity index (χ1v) is 9.15. The Labute approximate surface area is 151 Å². The van der Waals surface area contributed by atoms with Gasteiger partial charge in [0.25, 0.3) is 0 Å². The van der Waals surface area contributed by atoms with Crippen LogP contribution in [0, 0.1) is 6.92 Å². The van der Waals surface area contributed by atoms with Crippen LogP contribution >= 0.6 is 11.3 Å². The number of urea groups is 1. The van der Waals surface area contributed by atoms with Crippen LogP contribution in [0.25, 0.3) is 0 Å². The molecule has 1 atom stereocenters. The number of aryl methyl sites for hydroxylation is 1. The van der Waals surface area contributed by atoms with Gasteiger partial charge in [0.05, 0.1) is 31.5 Å². The van der Waals surface area contributed by atoms with Gasteiger partial charge in [-0.05, 0) is 19.4 Å². The van der Waals surface area contributed by atoms with Crippen molar-refractivity contribution < 1.29 is 14.3 Å². The molecule has 1 aromatic heterocycles. The number of para-hydroxylation sites is 1. The number of methoxy groups -OCH3 is 2. The standard InChI is InChI=1S/C18H23N3O3S/c1-12-20-14(11-25-12)9-19-18(22)21-8-7-13(10-21)15-5-4-6-16(23-2)17(15)24-3/h4-6,11,13H,7-10H2,1-3H3,(H,19,22). The Morgan fingerprint density at radius 3 is 2.92 bits per heavy atom. The van der Waals surface area contributed by atoms with Gasteiger partial charge in [-0.25, -0.2) is 9.78 Å². The first kappa shape index (κ1) is 17.5. The molecule has 2 amide bonds. The molecule has 1 saturated heterocycles. The molecule has 134 valence electrons. The summed E-state index contributed by atoms with van der Waals surface area (Å²) in [5.74, 6) is 1.73. The minimum absolute atomic E-state index is 0.0463. The van der Waals surface area contributed by atoms with Crippen molar-refractivity contribution in [2.45, 2.75) is 25.8 Å². The number of hydrogen-bond donors (Lipinski definition) is 1. The Kier molecular flexibility index (Phi) is 5.43. The fourth-order valence-electron chi connectivity index (χ4n) is 3.20. The molecule has 0 bridgehead atoms. The molecule has 1 unspecified atom stereocenters. The summed E-state index contributed by atoms with van der Waals surface area (Å²) in [4.78, 5) is 18.6. The van der Waals surface area contributed by atoms with Gasteiger partial charge in [-0.3, -0.25) is 0 Å². The first-order chi connectivity index (χ1) is 12.1. The van der Waals surface area contributed by atoms with Crippen molar-refractivity contribution in [1.29, 1.82) is 0 Å². The van der Waals surface area contributed by atoms with E-state index in [0.29, 0.717) is 13.1 Å². The quantitative estimate of drug-likeness (QED) is 0.888. The van der Waals surface area contributed by atoms with E-state index in [9.17, 15) is 4.79 Å². The number of amides is 2. The van der Waals surface area contributed by atoms with E-state index in [-0.39, 0.29) is 11.9 Å². The zero-order chi connectivity index (χ0) is 17.8. The molecular formula is C18H23N3O3S. The SMILES string of the molecule is COc1cccc(C2CCN(C(=O)NCc3csc(C)n3)C2)c1OC. The predicted octanol–water partition coefficient (Wildman–Crippen LogP) is 3.17. The largest absolute Gasteiger partial charge is 0.493 e. The highest BCUT2D eigenvalue weighted by atomic mass is 32.1. The molecule has 3 rings (SSSR count). The summed E-state index contributed by atoms with van der Waals surface area (Å²) < 4.78 is 10.9. The predicted molar refractivity (Wildman–Crippen MR) is 97.6 cm³/mol. The second-order valence-electron chi connectivity index (χ2n) is 6.03. The number of nitrogens with zero attached hydrogens (tertiary/aromatic N) is 2. The molecule has 0 aliphatic carbocycles. The highest BCUT2D eigenvalue weighted by Crippen LogP contribution is 2.39. The lowest BCUT2D eigenvalue weighted by Crippen LogP contribution is -2.38. The average Bonchev–Trinajstić information content (AvgIpc) is 3.28. The van der Waals surface area contributed by atoms with Crippen molar-refractivity contribution >= 4 is 17.4 Å². The number of ether oxygens (including phenoxy) is 2. The fraction of sp³-hybridized carbons (Fsp3) is 0.444. The van der Waals surface area contributed by atoms with E-state index < -0.39 is 0 Å². The average molecular weight is 361 g/mol. The summed E-state index contributed by atoms with van der Waals surface area (Å²) in [7, 11) is 3.28. The maximum atomic E-state index is 12.4. The Morgan fingerprint density at radius 2 is 2.24 bits per heavy atom. The van der Waals surface area contributed by atoms with Gasteiger partial charge in [-0.1, -0.05) is 12.1 Å². The lowest BCUT2D eigenvalue weighted by molar-refractivity contribution is 0.207. The van der Waals surface area contributed by atoms with E-state index >= 15 is 0 Å². The zero-order valence-electron chi connectivity index (χ0n) is 14.7. The number of thiazole rings is 1. The van der Waals surface area contributed by atoms with Crippen LogP contribution in [0.3, 0.4) is 0 Å². The summed E-state index contributed by atoms with van der Waals surface area (Å²) in [6.07, 6.45) is 0.909. The maximum Gasteiger partial charge on any atom is 0.317 e. The third kappa shape index (κ3) is 3.87. The van der Waals surface area contributed by atoms with Crippen LogP contribution in [-0.4, -0.2) is 43.2 Å². The Morgan fingerprint density at radius 1 is 1.40 bits per heavy atom. The molecule has 7 heteroatoms. The van der Waals surface area contributed by atoms with Crippen LogP contribution in [0.2, 0.25) is 0 Å². The normalized spacial score (nSPS) is 16.8. The topological polar surface area (TPSA) is 63.7 Å². The van der Waals surface area contributed by atoms with Gasteiger partial charge >= 0.3 is 6.03 Å². The van der Waals surface area contributed by atoms with Gasteiger partial charge in [0, 0.05) is 30.0 Å². The zero-order valence-corrected chi connectivity index (χ0v) is 15.6. The third-order valence-electron chi connectivity index (χ3n) is 4.44. The Hall–Kier alpha value is -2.28. The molecule has 1 aliphatic heterocycles. The molecule has 2 heterocycles. The van der Waals surface area contributed by atoms with Crippen molar-refractivity contribution in [3.05, 3.63) is 39.8 Å². The van der Waals surface area contributed by atoms with Crippen molar-refractivity contribution in [3.63, 3.8) is 0 Å². The summed E-state index contributed by atoms with van der Waals surface area (Å²) in [6.45, 7) is 3.83. The van der Waals surface area contributed by atoms with Gasteiger partial charge in [0.1, 0.15) is 0 Å². The van der Waals surface area contributed by atoms with Crippen LogP contribution in [0.4, 0.5) is 4.79 Å². The molecule has 1 fully saturated rings. The van der Waals surface area contributed by atoms with Crippen molar-refractivity contribution in [3.8, 4) is 11.5 Å². The number of likely N-dealkylation sites (tertiary alicyclic amines) is 1. The van der Waals surface area contributed by atoms with E-state index in [4.69, 9.17) is 9.47 Å². The first-order valence-electron chi connectivity index (χ1n) is 8.27. The molecule has 1 N–H and O–H groups in total. The highest BCUT2D eigenvalue weighted by molar-refractivity contribution is 7.09. The molecule has 1 aromatic carbocycles. The molecule has 0 saturated carbocycles. The Bertz CT molecular complexity index is 747. The smallest absolute Gasteiger partial charge is 0.317 e. The van der Waals surface area contributed by atoms with Crippen molar-refractivity contribution in [2.75, 3.05) is 27.3 Å². The number of aromatic nitrogens is 1. The van der Waals surface area contributed by atoms with Crippen LogP contribution in [-0.2, 0) is 6.54 Å². The van der Waals surface area contributed by atoms with Crippen molar-refractivity contribution in [1.82, 2.24) is 15.2 Å². The fourth-order valence-corrected chi connectivity index (χ4v) is 3.81. The summed E-state index contributed by atoms with van der Waals surface area (Å²) >= 11 is 1.59. The lowest BCUT2D eigenvalue weighted by Gasteiger charge is -2.19. The van der Waals surface area contributed by atoms with Crippen LogP contribution in [0.15, 0.2) is 23.6 Å². The molecule has 2 aromatic rings. The van der Waals surface area contributed by atoms with Gasteiger partial charge in [0.15, 0.2) is 11.5 Å². The van der Waals surface area contributed by atoms with Crippen LogP contribution in [0.1, 0.15) is 28.6 Å². The number of rotatable bonds is 5. The van der Waals surface area contributed by atoms with Crippen LogP contribution in [0.5, 0.6) is 11.5 Å². The van der Waals surface area contributed by atoms with E-state index in [0.717, 1.165) is 40.7 Å². The highest BCUT2D eigenvalue weighted by Gasteiger charge is 2.30. The van der Waals surface area contributed by atoms with E-state index in [1.807, 2.05) is 35.4 Å². The van der Waals surface area contributed by atoms with Gasteiger partial charge in [-0.2, -0.15) is 0 Å². The minimum atomic E-state index is -0.0463. The van der Waals surface area contributed by atoms with E-state index in [1.165, 1.54) is 0 Å². The number of carbonyl (C=O) groups excluding carboxylic acids is 1. The molecule has 1 aliphatic rings. The van der Waals surface area contributed by atoms with Crippen molar-refractivity contribution in [2.24, 2.45) is 0 Å². The second-order valence-corrected chi connectivity index (χ2v) is 7.09. The van der Waals surface area contributed by atoms with Gasteiger partial charge in [0.2, 0.25) is 0 Å². The second kappa shape index (κ2) is 7.74. The third-order valence-corrected chi connectivity index (χ3v) is 5.26. The number of hydrogen-bond acceptors (Lipinski definition) is 5. The minimum Gasteiger partial charge on any atom is -0.493 e. The molecule has 25 heavy (non-hydrogen) atoms. The summed E-state index contributed by atoms with van der Waals surface area (Å²) in [5, 5.41) is 5.94. The summed E-state index contributed by atoms with van der Waals surface area (Å²) in [5.41, 5.74) is 1.99. The Balaban J connectivity index is 1.62. The number of nitrogens with one attached hydrogen (secondary N) is 1. The lowest BCUT2D eigenvalue weighted by atomic mass is 9.97. The summed E-state index contributed by atoms with van der Waals surface area (Å²) in [6, 6.07) is 5.85. The van der Waals surface area contributed by atoms with Gasteiger partial charge in [-0.15, -0.1) is 11.3 Å². The van der Waals surface area contributed by atoms with E-state index in [2.05, 4.69) is 10.3 Å². The number of benzene rings is 1. The van der Waals surface area contributed by atoms with Gasteiger partial charge < -0.3 is 19.7 Å². The molecule has 0 radical (unpaired) electrons. The molecule has 6 nitrogen and oxygen atoms in total. The number of carbonyl (C=O) groups is 1. The maximum absolute atomic E-state index is 12.4.